The van der Waals surface area contributed by atoms with Gasteiger partial charge in [0.1, 0.15) is 0 Å². The summed E-state index contributed by atoms with van der Waals surface area (Å²) >= 11 is 0. The van der Waals surface area contributed by atoms with Crippen LogP contribution in [0.1, 0.15) is 44.1 Å². The van der Waals surface area contributed by atoms with Gasteiger partial charge >= 0.3 is 0 Å². The number of morpholine rings is 1. The zero-order chi connectivity index (χ0) is 16.8. The molecule has 1 aromatic rings. The van der Waals surface area contributed by atoms with E-state index in [2.05, 4.69) is 5.32 Å². The number of hydrogen-bond donors (Lipinski definition) is 1. The van der Waals surface area contributed by atoms with E-state index < -0.39 is 10.0 Å². The third kappa shape index (κ3) is 4.57. The van der Waals surface area contributed by atoms with Crippen LogP contribution in [-0.2, 0) is 21.3 Å². The van der Waals surface area contributed by atoms with Gasteiger partial charge in [0.05, 0.1) is 18.1 Å². The van der Waals surface area contributed by atoms with Crippen LogP contribution in [-0.4, -0.2) is 45.1 Å². The van der Waals surface area contributed by atoms with Gasteiger partial charge in [0.2, 0.25) is 10.0 Å². The van der Waals surface area contributed by atoms with Crippen LogP contribution < -0.4 is 5.32 Å². The fourth-order valence-electron chi connectivity index (χ4n) is 3.46. The van der Waals surface area contributed by atoms with E-state index in [-0.39, 0.29) is 0 Å². The van der Waals surface area contributed by atoms with Crippen molar-refractivity contribution in [2.24, 2.45) is 0 Å². The Morgan fingerprint density at radius 1 is 1.00 bits per heavy atom. The maximum Gasteiger partial charge on any atom is 0.243 e. The smallest absolute Gasteiger partial charge is 0.243 e. The van der Waals surface area contributed by atoms with Crippen LogP contribution in [0.25, 0.3) is 0 Å². The normalized spacial score (nSPS) is 21.5. The summed E-state index contributed by atoms with van der Waals surface area (Å²) in [4.78, 5) is 0.377. The molecule has 0 amide bonds. The van der Waals surface area contributed by atoms with E-state index in [9.17, 15) is 8.42 Å². The lowest BCUT2D eigenvalue weighted by atomic mass is 10.1. The molecule has 0 aromatic heterocycles. The quantitative estimate of drug-likeness (QED) is 0.827. The molecular weight excluding hydrogens is 324 g/mol. The first kappa shape index (κ1) is 17.9. The highest BCUT2D eigenvalue weighted by Gasteiger charge is 2.26. The van der Waals surface area contributed by atoms with E-state index in [0.29, 0.717) is 37.2 Å². The highest BCUT2D eigenvalue weighted by Crippen LogP contribution is 2.19. The summed E-state index contributed by atoms with van der Waals surface area (Å²) < 4.78 is 31.9. The third-order valence-electron chi connectivity index (χ3n) is 4.98. The Hall–Kier alpha value is -0.950. The molecule has 0 bridgehead atoms. The molecule has 24 heavy (non-hydrogen) atoms. The maximum absolute atomic E-state index is 12.6. The average Bonchev–Trinajstić information content (AvgIpc) is 2.90. The standard InChI is InChI=1S/C18H28N2O3S/c21-24(22,20-11-13-23-14-12-20)18-9-7-16(8-10-18)15-19-17-5-3-1-2-4-6-17/h7-10,17,19H,1-6,11-15H2. The lowest BCUT2D eigenvalue weighted by Crippen LogP contribution is -2.40. The molecule has 6 heteroatoms. The first-order valence-corrected chi connectivity index (χ1v) is 10.5. The molecule has 1 aliphatic carbocycles. The van der Waals surface area contributed by atoms with Crippen molar-refractivity contribution < 1.29 is 13.2 Å². The molecule has 0 spiro atoms. The molecule has 1 heterocycles. The summed E-state index contributed by atoms with van der Waals surface area (Å²) in [5, 5.41) is 3.62. The molecule has 0 radical (unpaired) electrons. The molecule has 134 valence electrons. The molecule has 5 nitrogen and oxygen atoms in total. The summed E-state index contributed by atoms with van der Waals surface area (Å²) in [6, 6.07) is 7.92. The monoisotopic (exact) mass is 352 g/mol. The zero-order valence-corrected chi connectivity index (χ0v) is 15.1. The molecule has 2 fully saturated rings. The molecule has 1 aliphatic heterocycles. The topological polar surface area (TPSA) is 58.6 Å². The van der Waals surface area contributed by atoms with Gasteiger partial charge in [0.15, 0.2) is 0 Å². The minimum absolute atomic E-state index is 0.377. The second-order valence-electron chi connectivity index (χ2n) is 6.73. The number of hydrogen-bond acceptors (Lipinski definition) is 4. The van der Waals surface area contributed by atoms with E-state index in [4.69, 9.17) is 4.74 Å². The van der Waals surface area contributed by atoms with Gasteiger partial charge in [-0.3, -0.25) is 0 Å². The van der Waals surface area contributed by atoms with Gasteiger partial charge < -0.3 is 10.1 Å². The lowest BCUT2D eigenvalue weighted by molar-refractivity contribution is 0.0730. The van der Waals surface area contributed by atoms with Crippen LogP contribution >= 0.6 is 0 Å². The van der Waals surface area contributed by atoms with Gasteiger partial charge in [-0.1, -0.05) is 37.8 Å². The highest BCUT2D eigenvalue weighted by molar-refractivity contribution is 7.89. The fourth-order valence-corrected chi connectivity index (χ4v) is 4.87. The van der Waals surface area contributed by atoms with Crippen LogP contribution in [0.3, 0.4) is 0 Å². The van der Waals surface area contributed by atoms with Crippen LogP contribution in [0.4, 0.5) is 0 Å². The molecule has 1 saturated heterocycles. The molecule has 1 saturated carbocycles. The van der Waals surface area contributed by atoms with Crippen molar-refractivity contribution >= 4 is 10.0 Å². The number of rotatable bonds is 5. The molecule has 1 aromatic carbocycles. The predicted octanol–water partition coefficient (Wildman–Crippen LogP) is 2.52. The predicted molar refractivity (Wildman–Crippen MR) is 94.3 cm³/mol. The molecule has 2 aliphatic rings. The zero-order valence-electron chi connectivity index (χ0n) is 14.2. The third-order valence-corrected chi connectivity index (χ3v) is 6.89. The number of benzene rings is 1. The highest BCUT2D eigenvalue weighted by atomic mass is 32.2. The first-order valence-electron chi connectivity index (χ1n) is 9.06. The Balaban J connectivity index is 1.58. The van der Waals surface area contributed by atoms with E-state index in [0.717, 1.165) is 12.1 Å². The van der Waals surface area contributed by atoms with Gasteiger partial charge in [-0.15, -0.1) is 0 Å². The van der Waals surface area contributed by atoms with Crippen molar-refractivity contribution in [3.63, 3.8) is 0 Å². The number of ether oxygens (including phenoxy) is 1. The second kappa shape index (κ2) is 8.43. The molecule has 0 unspecified atom stereocenters. The fraction of sp³-hybridized carbons (Fsp3) is 0.667. The summed E-state index contributed by atoms with van der Waals surface area (Å²) in [6.45, 7) is 2.63. The number of sulfonamides is 1. The van der Waals surface area contributed by atoms with Crippen molar-refractivity contribution in [2.75, 3.05) is 26.3 Å². The minimum Gasteiger partial charge on any atom is -0.379 e. The van der Waals surface area contributed by atoms with Crippen molar-refractivity contribution in [3.05, 3.63) is 29.8 Å². The van der Waals surface area contributed by atoms with E-state index in [1.54, 1.807) is 12.1 Å². The summed E-state index contributed by atoms with van der Waals surface area (Å²) in [7, 11) is -3.39. The summed E-state index contributed by atoms with van der Waals surface area (Å²) in [5.74, 6) is 0. The Labute approximate surface area is 145 Å². The number of nitrogens with zero attached hydrogens (tertiary/aromatic N) is 1. The van der Waals surface area contributed by atoms with Crippen molar-refractivity contribution in [2.45, 2.75) is 56.0 Å². The minimum atomic E-state index is -3.39. The second-order valence-corrected chi connectivity index (χ2v) is 8.67. The van der Waals surface area contributed by atoms with Crippen LogP contribution in [0.2, 0.25) is 0 Å². The number of nitrogens with one attached hydrogen (secondary N) is 1. The van der Waals surface area contributed by atoms with Crippen LogP contribution in [0.5, 0.6) is 0 Å². The molecule has 1 N–H and O–H groups in total. The van der Waals surface area contributed by atoms with Gasteiger partial charge in [-0.2, -0.15) is 4.31 Å². The molecule has 0 atom stereocenters. The van der Waals surface area contributed by atoms with Crippen LogP contribution in [0.15, 0.2) is 29.2 Å². The lowest BCUT2D eigenvalue weighted by Gasteiger charge is -2.26. The molecule has 3 rings (SSSR count). The van der Waals surface area contributed by atoms with E-state index in [1.165, 1.54) is 42.8 Å². The van der Waals surface area contributed by atoms with E-state index >= 15 is 0 Å². The van der Waals surface area contributed by atoms with Gasteiger partial charge in [-0.25, -0.2) is 8.42 Å². The Bertz CT molecular complexity index is 602. The Morgan fingerprint density at radius 3 is 2.25 bits per heavy atom. The average molecular weight is 353 g/mol. The van der Waals surface area contributed by atoms with E-state index in [1.807, 2.05) is 12.1 Å². The van der Waals surface area contributed by atoms with Gasteiger partial charge in [-0.05, 0) is 30.5 Å². The maximum atomic E-state index is 12.6. The van der Waals surface area contributed by atoms with Crippen molar-refractivity contribution in [1.82, 2.24) is 9.62 Å². The Kier molecular flexibility index (Phi) is 6.27. The van der Waals surface area contributed by atoms with Gasteiger partial charge in [0.25, 0.3) is 0 Å². The van der Waals surface area contributed by atoms with Crippen molar-refractivity contribution in [3.8, 4) is 0 Å². The molecular formula is C18H28N2O3S. The SMILES string of the molecule is O=S(=O)(c1ccc(CNC2CCCCCC2)cc1)N1CCOCC1. The van der Waals surface area contributed by atoms with Crippen LogP contribution in [0, 0.1) is 0 Å². The van der Waals surface area contributed by atoms with Gasteiger partial charge in [0, 0.05) is 25.7 Å². The van der Waals surface area contributed by atoms with Crippen molar-refractivity contribution in [1.29, 1.82) is 0 Å². The largest absolute Gasteiger partial charge is 0.379 e. The summed E-state index contributed by atoms with van der Waals surface area (Å²) in [6.07, 6.45) is 7.84. The first-order chi connectivity index (χ1) is 11.7. The summed E-state index contributed by atoms with van der Waals surface area (Å²) in [5.41, 5.74) is 1.14. The Morgan fingerprint density at radius 2 is 1.62 bits per heavy atom.